The summed E-state index contributed by atoms with van der Waals surface area (Å²) in [5.41, 5.74) is 0. The standard InChI is InChI=1S/C22H29NO3Si/c1-22(2,3)27(17-11-7-5-8-12-17,18-13-9-6-10-14-18)26-19-15-16-23-20(19)21(24)25-4/h5-14,19-20,23H,15-16H2,1-4H3/t19-,20+/m1/s1. The summed E-state index contributed by atoms with van der Waals surface area (Å²) < 4.78 is 12.1. The first-order chi connectivity index (χ1) is 12.9. The van der Waals surface area contributed by atoms with Crippen LogP contribution in [-0.4, -0.2) is 40.1 Å². The molecular formula is C22H29NO3Si. The molecule has 1 saturated heterocycles. The van der Waals surface area contributed by atoms with Crippen LogP contribution >= 0.6 is 0 Å². The van der Waals surface area contributed by atoms with Gasteiger partial charge in [0.2, 0.25) is 0 Å². The first kappa shape index (κ1) is 19.8. The van der Waals surface area contributed by atoms with Crippen molar-refractivity contribution in [2.45, 2.75) is 44.4 Å². The maximum absolute atomic E-state index is 12.3. The Kier molecular flexibility index (Phi) is 5.84. The molecule has 5 heteroatoms. The van der Waals surface area contributed by atoms with Crippen LogP contribution in [0.2, 0.25) is 5.04 Å². The summed E-state index contributed by atoms with van der Waals surface area (Å²) in [7, 11) is -1.23. The molecule has 27 heavy (non-hydrogen) atoms. The maximum atomic E-state index is 12.3. The van der Waals surface area contributed by atoms with Gasteiger partial charge in [-0.1, -0.05) is 81.4 Å². The first-order valence-electron chi connectivity index (χ1n) is 9.50. The summed E-state index contributed by atoms with van der Waals surface area (Å²) in [5.74, 6) is -0.254. The highest BCUT2D eigenvalue weighted by Gasteiger charge is 2.53. The zero-order chi connectivity index (χ0) is 19.5. The molecule has 1 N–H and O–H groups in total. The van der Waals surface area contributed by atoms with E-state index in [1.165, 1.54) is 17.5 Å². The van der Waals surface area contributed by atoms with Crippen LogP contribution < -0.4 is 15.7 Å². The summed E-state index contributed by atoms with van der Waals surface area (Å²) in [6.45, 7) is 7.49. The van der Waals surface area contributed by atoms with Gasteiger partial charge in [-0.15, -0.1) is 0 Å². The minimum absolute atomic E-state index is 0.112. The average Bonchev–Trinajstić information content (AvgIpc) is 3.14. The lowest BCUT2D eigenvalue weighted by Gasteiger charge is -2.45. The Labute approximate surface area is 163 Å². The van der Waals surface area contributed by atoms with Gasteiger partial charge in [-0.3, -0.25) is 4.79 Å². The molecular weight excluding hydrogens is 354 g/mol. The number of carbonyl (C=O) groups is 1. The van der Waals surface area contributed by atoms with Crippen molar-refractivity contribution in [1.82, 2.24) is 5.32 Å². The van der Waals surface area contributed by atoms with E-state index in [-0.39, 0.29) is 17.1 Å². The van der Waals surface area contributed by atoms with E-state index in [1.54, 1.807) is 0 Å². The van der Waals surface area contributed by atoms with Gasteiger partial charge in [-0.05, 0) is 28.4 Å². The van der Waals surface area contributed by atoms with Gasteiger partial charge in [0, 0.05) is 0 Å². The molecule has 1 fully saturated rings. The zero-order valence-corrected chi connectivity index (χ0v) is 17.6. The molecule has 0 spiro atoms. The van der Waals surface area contributed by atoms with Crippen molar-refractivity contribution in [3.63, 3.8) is 0 Å². The quantitative estimate of drug-likeness (QED) is 0.636. The molecule has 0 amide bonds. The van der Waals surface area contributed by atoms with E-state index >= 15 is 0 Å². The number of benzene rings is 2. The largest absolute Gasteiger partial charge is 0.468 e. The van der Waals surface area contributed by atoms with Gasteiger partial charge in [-0.25, -0.2) is 0 Å². The molecule has 0 aromatic heterocycles. The Bertz CT molecular complexity index is 719. The van der Waals surface area contributed by atoms with Gasteiger partial charge < -0.3 is 14.5 Å². The number of hydrogen-bond acceptors (Lipinski definition) is 4. The predicted octanol–water partition coefficient (Wildman–Crippen LogP) is 2.47. The van der Waals surface area contributed by atoms with Gasteiger partial charge in [-0.2, -0.15) is 0 Å². The van der Waals surface area contributed by atoms with Gasteiger partial charge in [0.05, 0.1) is 13.2 Å². The Hall–Kier alpha value is -1.95. The molecule has 1 aliphatic rings. The van der Waals surface area contributed by atoms with Crippen molar-refractivity contribution < 1.29 is 14.0 Å². The summed E-state index contributed by atoms with van der Waals surface area (Å²) in [4.78, 5) is 12.3. The normalized spacial score (nSPS) is 20.4. The molecule has 2 atom stereocenters. The Morgan fingerprint density at radius 3 is 1.96 bits per heavy atom. The van der Waals surface area contributed by atoms with Crippen LogP contribution in [0.5, 0.6) is 0 Å². The van der Waals surface area contributed by atoms with E-state index in [2.05, 4.69) is 74.6 Å². The number of carbonyl (C=O) groups excluding carboxylic acids is 1. The van der Waals surface area contributed by atoms with Gasteiger partial charge >= 0.3 is 5.97 Å². The number of rotatable bonds is 5. The van der Waals surface area contributed by atoms with E-state index in [4.69, 9.17) is 9.16 Å². The van der Waals surface area contributed by atoms with Crippen LogP contribution in [-0.2, 0) is 14.0 Å². The number of ether oxygens (including phenoxy) is 1. The van der Waals surface area contributed by atoms with Gasteiger partial charge in [0.1, 0.15) is 6.04 Å². The van der Waals surface area contributed by atoms with Crippen LogP contribution in [0, 0.1) is 0 Å². The Morgan fingerprint density at radius 1 is 1.00 bits per heavy atom. The Morgan fingerprint density at radius 2 is 1.52 bits per heavy atom. The van der Waals surface area contributed by atoms with Crippen LogP contribution in [0.4, 0.5) is 0 Å². The first-order valence-corrected chi connectivity index (χ1v) is 11.4. The van der Waals surface area contributed by atoms with Crippen molar-refractivity contribution in [3.05, 3.63) is 60.7 Å². The fraction of sp³-hybridized carbons (Fsp3) is 0.409. The van der Waals surface area contributed by atoms with Gasteiger partial charge in [0.15, 0.2) is 0 Å². The number of hydrogen-bond donors (Lipinski definition) is 1. The van der Waals surface area contributed by atoms with Crippen molar-refractivity contribution >= 4 is 24.7 Å². The molecule has 0 aliphatic carbocycles. The van der Waals surface area contributed by atoms with E-state index in [1.807, 2.05) is 12.1 Å². The van der Waals surface area contributed by atoms with Crippen LogP contribution in [0.15, 0.2) is 60.7 Å². The molecule has 3 rings (SSSR count). The molecule has 144 valence electrons. The molecule has 0 bridgehead atoms. The molecule has 1 heterocycles. The minimum atomic E-state index is -2.66. The maximum Gasteiger partial charge on any atom is 0.325 e. The third-order valence-corrected chi connectivity index (χ3v) is 10.4. The van der Waals surface area contributed by atoms with Crippen molar-refractivity contribution in [2.75, 3.05) is 13.7 Å². The van der Waals surface area contributed by atoms with Crippen molar-refractivity contribution in [1.29, 1.82) is 0 Å². The topological polar surface area (TPSA) is 47.6 Å². The summed E-state index contributed by atoms with van der Waals surface area (Å²) >= 11 is 0. The fourth-order valence-corrected chi connectivity index (χ4v) is 8.81. The minimum Gasteiger partial charge on any atom is -0.468 e. The average molecular weight is 384 g/mol. The molecule has 0 saturated carbocycles. The smallest absolute Gasteiger partial charge is 0.325 e. The number of nitrogens with one attached hydrogen (secondary N) is 1. The van der Waals surface area contributed by atoms with E-state index in [0.717, 1.165) is 13.0 Å². The highest BCUT2D eigenvalue weighted by Crippen LogP contribution is 2.38. The highest BCUT2D eigenvalue weighted by atomic mass is 28.4. The second-order valence-electron chi connectivity index (χ2n) is 8.06. The summed E-state index contributed by atoms with van der Waals surface area (Å²) in [6.07, 6.45) is 0.591. The lowest BCUT2D eigenvalue weighted by atomic mass is 10.2. The molecule has 0 unspecified atom stereocenters. The van der Waals surface area contributed by atoms with E-state index in [0.29, 0.717) is 0 Å². The third kappa shape index (κ3) is 3.72. The third-order valence-electron chi connectivity index (χ3n) is 5.36. The lowest BCUT2D eigenvalue weighted by molar-refractivity contribution is -0.144. The second-order valence-corrected chi connectivity index (χ2v) is 12.3. The SMILES string of the molecule is COC(=O)[C@H]1NCC[C@H]1O[Si](c1ccccc1)(c1ccccc1)C(C)(C)C. The number of esters is 1. The predicted molar refractivity (Wildman–Crippen MR) is 111 cm³/mol. The molecule has 4 nitrogen and oxygen atoms in total. The van der Waals surface area contributed by atoms with Gasteiger partial charge in [0.25, 0.3) is 8.32 Å². The van der Waals surface area contributed by atoms with Crippen LogP contribution in [0.3, 0.4) is 0 Å². The summed E-state index contributed by atoms with van der Waals surface area (Å²) in [6, 6.07) is 20.6. The lowest BCUT2D eigenvalue weighted by Crippen LogP contribution is -2.68. The highest BCUT2D eigenvalue weighted by molar-refractivity contribution is 6.99. The number of methoxy groups -OCH3 is 1. The molecule has 1 aliphatic heterocycles. The molecule has 2 aromatic carbocycles. The fourth-order valence-electron chi connectivity index (χ4n) is 4.09. The molecule has 0 radical (unpaired) electrons. The van der Waals surface area contributed by atoms with Crippen molar-refractivity contribution in [2.24, 2.45) is 0 Å². The van der Waals surface area contributed by atoms with Crippen molar-refractivity contribution in [3.8, 4) is 0 Å². The van der Waals surface area contributed by atoms with Crippen LogP contribution in [0.1, 0.15) is 27.2 Å². The molecule has 2 aromatic rings. The zero-order valence-electron chi connectivity index (χ0n) is 16.6. The second kappa shape index (κ2) is 7.96. The summed E-state index contributed by atoms with van der Waals surface area (Å²) in [5, 5.41) is 5.59. The monoisotopic (exact) mass is 383 g/mol. The Balaban J connectivity index is 2.14. The van der Waals surface area contributed by atoms with Crippen LogP contribution in [0.25, 0.3) is 0 Å². The van der Waals surface area contributed by atoms with E-state index < -0.39 is 14.4 Å². The van der Waals surface area contributed by atoms with E-state index in [9.17, 15) is 4.79 Å².